The molecule has 0 heterocycles. The molecule has 0 atom stereocenters. The fraction of sp³-hybridized carbons (Fsp3) is 0.455. The molecule has 0 unspecified atom stereocenters. The molecule has 0 saturated heterocycles. The molecule has 1 aromatic carbocycles. The van der Waals surface area contributed by atoms with Crippen LogP contribution in [0.25, 0.3) is 0 Å². The molecule has 0 aromatic heterocycles. The normalized spacial score (nSPS) is 11.4. The number of benzene rings is 1. The van der Waals surface area contributed by atoms with Gasteiger partial charge in [-0.05, 0) is 11.5 Å². The quantitative estimate of drug-likeness (QED) is 0.655. The minimum atomic E-state index is -1.22. The number of anilines is 1. The number of hydrogen-bond donors (Lipinski definition) is 1. The fourth-order valence-electron chi connectivity index (χ4n) is 1.21. The van der Waals surface area contributed by atoms with Gasteiger partial charge in [0, 0.05) is 12.6 Å². The van der Waals surface area contributed by atoms with Gasteiger partial charge in [0.1, 0.15) is 0 Å². The molecule has 1 N–H and O–H groups in total. The fourth-order valence-corrected chi connectivity index (χ4v) is 1.21. The molecule has 1 rings (SSSR count). The summed E-state index contributed by atoms with van der Waals surface area (Å²) in [6, 6.07) is 1.69. The zero-order chi connectivity index (χ0) is 13.2. The van der Waals surface area contributed by atoms with Crippen LogP contribution in [0.3, 0.4) is 0 Å². The van der Waals surface area contributed by atoms with E-state index in [4.69, 9.17) is 0 Å². The van der Waals surface area contributed by atoms with Gasteiger partial charge in [-0.1, -0.05) is 20.8 Å². The van der Waals surface area contributed by atoms with Gasteiger partial charge in [0.2, 0.25) is 0 Å². The molecule has 0 saturated carbocycles. The van der Waals surface area contributed by atoms with E-state index in [9.17, 15) is 18.9 Å². The van der Waals surface area contributed by atoms with E-state index in [2.05, 4.69) is 5.32 Å². The standard InChI is InChI=1S/C11H14F2N2O2/c1-11(2,3)6-14-10-8(15(16)17)5-4-7(12)9(10)13/h4-5,14H,6H2,1-3H3. The lowest BCUT2D eigenvalue weighted by Gasteiger charge is -2.19. The van der Waals surface area contributed by atoms with Gasteiger partial charge >= 0.3 is 0 Å². The van der Waals surface area contributed by atoms with E-state index in [1.807, 2.05) is 20.8 Å². The van der Waals surface area contributed by atoms with Crippen molar-refractivity contribution in [3.8, 4) is 0 Å². The van der Waals surface area contributed by atoms with Crippen LogP contribution in [0.2, 0.25) is 0 Å². The maximum atomic E-state index is 13.5. The summed E-state index contributed by atoms with van der Waals surface area (Å²) in [7, 11) is 0. The number of nitro groups is 1. The zero-order valence-electron chi connectivity index (χ0n) is 9.88. The number of nitro benzene ring substituents is 1. The molecule has 17 heavy (non-hydrogen) atoms. The van der Waals surface area contributed by atoms with Crippen molar-refractivity contribution in [3.05, 3.63) is 33.9 Å². The Hall–Kier alpha value is -1.72. The summed E-state index contributed by atoms with van der Waals surface area (Å²) in [5, 5.41) is 13.3. The first-order valence-corrected chi connectivity index (χ1v) is 5.08. The maximum Gasteiger partial charge on any atom is 0.295 e. The zero-order valence-corrected chi connectivity index (χ0v) is 9.88. The molecule has 94 valence electrons. The third kappa shape index (κ3) is 3.37. The molecule has 0 fully saturated rings. The molecular formula is C11H14F2N2O2. The highest BCUT2D eigenvalue weighted by atomic mass is 19.2. The van der Waals surface area contributed by atoms with Gasteiger partial charge in [-0.25, -0.2) is 8.78 Å². The van der Waals surface area contributed by atoms with Gasteiger partial charge in [-0.15, -0.1) is 0 Å². The van der Waals surface area contributed by atoms with E-state index < -0.39 is 27.9 Å². The number of nitrogens with zero attached hydrogens (tertiary/aromatic N) is 1. The predicted molar refractivity (Wildman–Crippen MR) is 61.0 cm³/mol. The van der Waals surface area contributed by atoms with Crippen LogP contribution in [-0.2, 0) is 0 Å². The monoisotopic (exact) mass is 244 g/mol. The lowest BCUT2D eigenvalue weighted by Crippen LogP contribution is -2.20. The third-order valence-electron chi connectivity index (χ3n) is 2.07. The predicted octanol–water partition coefficient (Wildman–Crippen LogP) is 3.33. The van der Waals surface area contributed by atoms with Gasteiger partial charge in [0.05, 0.1) is 4.92 Å². The third-order valence-corrected chi connectivity index (χ3v) is 2.07. The minimum Gasteiger partial charge on any atom is -0.376 e. The highest BCUT2D eigenvalue weighted by Gasteiger charge is 2.22. The van der Waals surface area contributed by atoms with E-state index in [1.54, 1.807) is 0 Å². The molecule has 0 amide bonds. The Morgan fingerprint density at radius 3 is 2.41 bits per heavy atom. The van der Waals surface area contributed by atoms with Crippen LogP contribution in [0.1, 0.15) is 20.8 Å². The average molecular weight is 244 g/mol. The lowest BCUT2D eigenvalue weighted by atomic mass is 9.97. The second kappa shape index (κ2) is 4.65. The van der Waals surface area contributed by atoms with Crippen LogP contribution in [0.4, 0.5) is 20.2 Å². The van der Waals surface area contributed by atoms with Crippen LogP contribution in [0.15, 0.2) is 12.1 Å². The van der Waals surface area contributed by atoms with Crippen molar-refractivity contribution in [1.29, 1.82) is 0 Å². The van der Waals surface area contributed by atoms with E-state index in [1.165, 1.54) is 0 Å². The summed E-state index contributed by atoms with van der Waals surface area (Å²) in [6.45, 7) is 5.93. The molecule has 0 aliphatic carbocycles. The van der Waals surface area contributed by atoms with Crippen molar-refractivity contribution in [2.24, 2.45) is 5.41 Å². The molecule has 0 bridgehead atoms. The topological polar surface area (TPSA) is 55.2 Å². The number of nitrogens with one attached hydrogen (secondary N) is 1. The molecule has 1 aromatic rings. The molecule has 6 heteroatoms. The largest absolute Gasteiger partial charge is 0.376 e. The van der Waals surface area contributed by atoms with Crippen LogP contribution < -0.4 is 5.32 Å². The molecule has 0 aliphatic rings. The Kier molecular flexibility index (Phi) is 3.65. The highest BCUT2D eigenvalue weighted by molar-refractivity contribution is 5.62. The molecule has 4 nitrogen and oxygen atoms in total. The summed E-state index contributed by atoms with van der Waals surface area (Å²) in [5.74, 6) is -2.32. The Bertz CT molecular complexity index is 442. The van der Waals surface area contributed by atoms with Gasteiger partial charge in [-0.2, -0.15) is 0 Å². The number of rotatable bonds is 3. The van der Waals surface area contributed by atoms with Crippen molar-refractivity contribution >= 4 is 11.4 Å². The van der Waals surface area contributed by atoms with Crippen molar-refractivity contribution in [2.75, 3.05) is 11.9 Å². The van der Waals surface area contributed by atoms with E-state index in [0.717, 1.165) is 12.1 Å². The van der Waals surface area contributed by atoms with Crippen molar-refractivity contribution in [1.82, 2.24) is 0 Å². The van der Waals surface area contributed by atoms with E-state index in [-0.39, 0.29) is 5.41 Å². The Labute approximate surface area is 97.8 Å². The van der Waals surface area contributed by atoms with Crippen LogP contribution in [-0.4, -0.2) is 11.5 Å². The summed E-state index contributed by atoms with van der Waals surface area (Å²) in [4.78, 5) is 9.94. The average Bonchev–Trinajstić information content (AvgIpc) is 2.18. The van der Waals surface area contributed by atoms with E-state index in [0.29, 0.717) is 6.54 Å². The molecule has 0 aliphatic heterocycles. The van der Waals surface area contributed by atoms with Crippen molar-refractivity contribution < 1.29 is 13.7 Å². The SMILES string of the molecule is CC(C)(C)CNc1c([N+](=O)[O-])ccc(F)c1F. The van der Waals surface area contributed by atoms with Crippen LogP contribution in [0, 0.1) is 27.2 Å². The Balaban J connectivity index is 3.11. The van der Waals surface area contributed by atoms with Crippen molar-refractivity contribution in [3.63, 3.8) is 0 Å². The number of halogens is 2. The summed E-state index contributed by atoms with van der Waals surface area (Å²) >= 11 is 0. The molecular weight excluding hydrogens is 230 g/mol. The Morgan fingerprint density at radius 1 is 1.35 bits per heavy atom. The highest BCUT2D eigenvalue weighted by Crippen LogP contribution is 2.30. The summed E-state index contributed by atoms with van der Waals surface area (Å²) in [5.41, 5.74) is -1.06. The molecule has 0 spiro atoms. The maximum absolute atomic E-state index is 13.5. The van der Waals surface area contributed by atoms with Crippen LogP contribution >= 0.6 is 0 Å². The first-order chi connectivity index (χ1) is 7.72. The minimum absolute atomic E-state index is 0.202. The van der Waals surface area contributed by atoms with Gasteiger partial charge in [0.15, 0.2) is 17.3 Å². The van der Waals surface area contributed by atoms with Gasteiger partial charge in [-0.3, -0.25) is 10.1 Å². The second-order valence-electron chi connectivity index (χ2n) is 4.93. The van der Waals surface area contributed by atoms with Crippen molar-refractivity contribution in [2.45, 2.75) is 20.8 Å². The number of hydrogen-bond acceptors (Lipinski definition) is 3. The second-order valence-corrected chi connectivity index (χ2v) is 4.93. The Morgan fingerprint density at radius 2 is 1.94 bits per heavy atom. The van der Waals surface area contributed by atoms with Crippen LogP contribution in [0.5, 0.6) is 0 Å². The summed E-state index contributed by atoms with van der Waals surface area (Å²) in [6.07, 6.45) is 0. The molecule has 0 radical (unpaired) electrons. The first kappa shape index (κ1) is 13.3. The van der Waals surface area contributed by atoms with Gasteiger partial charge < -0.3 is 5.32 Å². The lowest BCUT2D eigenvalue weighted by molar-refractivity contribution is -0.384. The smallest absolute Gasteiger partial charge is 0.295 e. The first-order valence-electron chi connectivity index (χ1n) is 5.08. The summed E-state index contributed by atoms with van der Waals surface area (Å²) < 4.78 is 26.5. The van der Waals surface area contributed by atoms with E-state index >= 15 is 0 Å². The van der Waals surface area contributed by atoms with Gasteiger partial charge in [0.25, 0.3) is 5.69 Å².